The minimum atomic E-state index is -0.503. The molecular weight excluding hydrogens is 606 g/mol. The molecule has 2 heterocycles. The molecule has 2 spiro atoms. The predicted molar refractivity (Wildman–Crippen MR) is 184 cm³/mol. The first-order chi connectivity index (χ1) is 22.4. The van der Waals surface area contributed by atoms with Crippen LogP contribution in [-0.4, -0.2) is 110 Å². The molecule has 0 aromatic rings. The zero-order valence-corrected chi connectivity index (χ0v) is 31.6. The maximum atomic E-state index is 12.8. The van der Waals surface area contributed by atoms with Gasteiger partial charge in [-0.25, -0.2) is 4.79 Å². The monoisotopic (exact) mass is 671 g/mol. The lowest BCUT2D eigenvalue weighted by Crippen LogP contribution is -2.60. The molecule has 7 aliphatic rings. The zero-order chi connectivity index (χ0) is 34.8. The summed E-state index contributed by atoms with van der Waals surface area (Å²) in [6.45, 7) is 18.4. The largest absolute Gasteiger partial charge is 0.390 e. The van der Waals surface area contributed by atoms with Gasteiger partial charge in [-0.05, 0) is 96.7 Å². The molecule has 0 aromatic carbocycles. The quantitative estimate of drug-likeness (QED) is 0.407. The molecule has 7 fully saturated rings. The Morgan fingerprint density at radius 3 is 2.38 bits per heavy atom. The summed E-state index contributed by atoms with van der Waals surface area (Å²) in [5.41, 5.74) is 0.416. The molecule has 0 radical (unpaired) electrons. The summed E-state index contributed by atoms with van der Waals surface area (Å²) in [5, 5.41) is 12.5. The molecule has 13 atom stereocenters. The maximum absolute atomic E-state index is 12.8. The van der Waals surface area contributed by atoms with Crippen molar-refractivity contribution >= 4 is 11.9 Å². The molecule has 48 heavy (non-hydrogen) atoms. The standard InChI is InChI=1S/C39H65N3O6/c1-23(2)33(44)42-17-18-46-29(21-42)48-28-13-14-38-22-39(38)16-15-36(6)30-24(3)19-25(20-41(10)34(45)40(8)9)47-31(30)32(43)37(36,7)27(39)12-11-26(38)35(28,4)5/h23-32,43H,11-22H2,1-10H3/t24-,25-,26+,27+,28+,29+,30?,31+,32+,36-,37-,38-,39+/m1/s1. The number of aliphatic hydroxyl groups is 1. The number of aliphatic hydroxyl groups excluding tert-OH is 1. The van der Waals surface area contributed by atoms with Crippen molar-refractivity contribution in [3.05, 3.63) is 0 Å². The van der Waals surface area contributed by atoms with E-state index < -0.39 is 6.10 Å². The molecule has 272 valence electrons. The molecule has 1 N–H and O–H groups in total. The molecule has 2 saturated heterocycles. The summed E-state index contributed by atoms with van der Waals surface area (Å²) in [5.74, 6) is 1.98. The van der Waals surface area contributed by atoms with E-state index in [-0.39, 0.29) is 64.1 Å². The fraction of sp³-hybridized carbons (Fsp3) is 0.949. The predicted octanol–water partition coefficient (Wildman–Crippen LogP) is 5.64. The molecule has 7 rings (SSSR count). The average molecular weight is 672 g/mol. The van der Waals surface area contributed by atoms with E-state index in [0.29, 0.717) is 55.3 Å². The minimum absolute atomic E-state index is 0.00517. The van der Waals surface area contributed by atoms with Crippen molar-refractivity contribution in [2.75, 3.05) is 47.4 Å². The summed E-state index contributed by atoms with van der Waals surface area (Å²) in [6, 6.07) is -0.0109. The Bertz CT molecular complexity index is 1290. The van der Waals surface area contributed by atoms with Crippen molar-refractivity contribution in [1.29, 1.82) is 0 Å². The summed E-state index contributed by atoms with van der Waals surface area (Å²) >= 11 is 0. The van der Waals surface area contributed by atoms with E-state index in [0.717, 1.165) is 25.7 Å². The number of fused-ring (bicyclic) bond motifs is 4. The van der Waals surface area contributed by atoms with E-state index in [1.165, 1.54) is 25.7 Å². The van der Waals surface area contributed by atoms with Crippen molar-refractivity contribution in [3.8, 4) is 0 Å². The highest BCUT2D eigenvalue weighted by Gasteiger charge is 2.84. The highest BCUT2D eigenvalue weighted by Crippen LogP contribution is 2.89. The summed E-state index contributed by atoms with van der Waals surface area (Å²) in [4.78, 5) is 30.7. The van der Waals surface area contributed by atoms with Gasteiger partial charge in [-0.3, -0.25) is 4.79 Å². The van der Waals surface area contributed by atoms with Crippen LogP contribution in [0.1, 0.15) is 99.8 Å². The fourth-order valence-electron chi connectivity index (χ4n) is 13.9. The molecule has 2 aliphatic heterocycles. The van der Waals surface area contributed by atoms with E-state index in [1.807, 2.05) is 25.8 Å². The zero-order valence-electron chi connectivity index (χ0n) is 31.6. The smallest absolute Gasteiger partial charge is 0.319 e. The Morgan fingerprint density at radius 2 is 1.69 bits per heavy atom. The van der Waals surface area contributed by atoms with E-state index in [9.17, 15) is 14.7 Å². The van der Waals surface area contributed by atoms with Crippen LogP contribution in [0.25, 0.3) is 0 Å². The van der Waals surface area contributed by atoms with Crippen LogP contribution in [0.5, 0.6) is 0 Å². The number of carbonyl (C=O) groups excluding carboxylic acids is 2. The lowest BCUT2D eigenvalue weighted by molar-refractivity contribution is -0.248. The number of likely N-dealkylation sites (N-methyl/N-ethyl adjacent to an activating group) is 1. The first kappa shape index (κ1) is 35.0. The summed E-state index contributed by atoms with van der Waals surface area (Å²) < 4.78 is 19.8. The Labute approximate surface area is 289 Å². The number of carbonyl (C=O) groups is 2. The summed E-state index contributed by atoms with van der Waals surface area (Å²) in [6.07, 6.45) is 8.15. The van der Waals surface area contributed by atoms with Gasteiger partial charge in [0, 0.05) is 45.6 Å². The number of urea groups is 1. The van der Waals surface area contributed by atoms with E-state index in [2.05, 4.69) is 34.6 Å². The van der Waals surface area contributed by atoms with E-state index in [4.69, 9.17) is 14.2 Å². The van der Waals surface area contributed by atoms with Crippen LogP contribution >= 0.6 is 0 Å². The molecule has 0 aromatic heterocycles. The van der Waals surface area contributed by atoms with Gasteiger partial charge in [-0.15, -0.1) is 0 Å². The van der Waals surface area contributed by atoms with Gasteiger partial charge in [-0.2, -0.15) is 0 Å². The topological polar surface area (TPSA) is 91.8 Å². The Morgan fingerprint density at radius 1 is 1.00 bits per heavy atom. The van der Waals surface area contributed by atoms with Crippen molar-refractivity contribution in [3.63, 3.8) is 0 Å². The molecule has 5 aliphatic carbocycles. The van der Waals surface area contributed by atoms with Crippen molar-refractivity contribution in [1.82, 2.24) is 14.7 Å². The van der Waals surface area contributed by atoms with E-state index in [1.54, 1.807) is 23.9 Å². The Hall–Kier alpha value is -1.42. The van der Waals surface area contributed by atoms with Crippen LogP contribution in [0.15, 0.2) is 0 Å². The number of amides is 3. The molecule has 9 nitrogen and oxygen atoms in total. The van der Waals surface area contributed by atoms with Gasteiger partial charge in [-0.1, -0.05) is 48.5 Å². The molecule has 3 amide bonds. The second-order valence-corrected chi connectivity index (χ2v) is 19.1. The lowest BCUT2D eigenvalue weighted by atomic mass is 9.41. The molecule has 1 unspecified atom stereocenters. The maximum Gasteiger partial charge on any atom is 0.319 e. The number of rotatable bonds is 5. The van der Waals surface area contributed by atoms with Crippen LogP contribution in [0.3, 0.4) is 0 Å². The number of ether oxygens (including phenoxy) is 3. The third-order valence-electron chi connectivity index (χ3n) is 16.2. The van der Waals surface area contributed by atoms with Crippen molar-refractivity contribution in [2.24, 2.45) is 56.7 Å². The fourth-order valence-corrected chi connectivity index (χ4v) is 13.9. The van der Waals surface area contributed by atoms with Crippen LogP contribution < -0.4 is 0 Å². The van der Waals surface area contributed by atoms with Crippen LogP contribution in [0.4, 0.5) is 4.79 Å². The highest BCUT2D eigenvalue weighted by molar-refractivity contribution is 5.78. The number of morpholine rings is 1. The van der Waals surface area contributed by atoms with Gasteiger partial charge in [0.05, 0.1) is 37.6 Å². The highest BCUT2D eigenvalue weighted by atomic mass is 16.7. The van der Waals surface area contributed by atoms with Gasteiger partial charge in [0.25, 0.3) is 0 Å². The van der Waals surface area contributed by atoms with Gasteiger partial charge < -0.3 is 34.0 Å². The first-order valence-electron chi connectivity index (χ1n) is 19.3. The van der Waals surface area contributed by atoms with Crippen molar-refractivity contribution in [2.45, 2.75) is 131 Å². The molecule has 0 bridgehead atoms. The number of nitrogens with zero attached hydrogens (tertiary/aromatic N) is 3. The van der Waals surface area contributed by atoms with Gasteiger partial charge in [0.1, 0.15) is 0 Å². The molecular formula is C39H65N3O6. The van der Waals surface area contributed by atoms with Crippen LogP contribution in [-0.2, 0) is 19.0 Å². The van der Waals surface area contributed by atoms with Crippen LogP contribution in [0, 0.1) is 56.7 Å². The number of hydrogen-bond acceptors (Lipinski definition) is 6. The second kappa shape index (κ2) is 11.5. The number of hydrogen-bond donors (Lipinski definition) is 1. The van der Waals surface area contributed by atoms with Gasteiger partial charge in [0.2, 0.25) is 5.91 Å². The second-order valence-electron chi connectivity index (χ2n) is 19.1. The Balaban J connectivity index is 1.09. The van der Waals surface area contributed by atoms with E-state index >= 15 is 0 Å². The minimum Gasteiger partial charge on any atom is -0.390 e. The average Bonchev–Trinajstić information content (AvgIpc) is 3.66. The molecule has 9 heteroatoms. The lowest BCUT2D eigenvalue weighted by Gasteiger charge is -2.64. The van der Waals surface area contributed by atoms with Crippen LogP contribution in [0.2, 0.25) is 0 Å². The Kier molecular flexibility index (Phi) is 8.42. The third kappa shape index (κ3) is 4.67. The normalized spacial score (nSPS) is 48.8. The first-order valence-corrected chi connectivity index (χ1v) is 19.3. The SMILES string of the molecule is CC(C)C(=O)N1CCO[C@@H](O[C@H]2CC[C@]34C[C@]35CC[C@]3(C)C6[C@H](C)C[C@H](CN(C)C(=O)N(C)C)O[C@@H]6[C@H](O)[C@@]3(C)[C@@H]5CC[C@H]4C2(C)C)C1. The summed E-state index contributed by atoms with van der Waals surface area (Å²) in [7, 11) is 5.44. The van der Waals surface area contributed by atoms with Crippen molar-refractivity contribution < 1.29 is 28.9 Å². The third-order valence-corrected chi connectivity index (χ3v) is 16.2. The van der Waals surface area contributed by atoms with Gasteiger partial charge >= 0.3 is 6.03 Å². The molecule has 5 saturated carbocycles. The van der Waals surface area contributed by atoms with Gasteiger partial charge in [0.15, 0.2) is 6.29 Å².